The van der Waals surface area contributed by atoms with Crippen molar-refractivity contribution in [1.82, 2.24) is 0 Å². The van der Waals surface area contributed by atoms with Gasteiger partial charge in [0.1, 0.15) is 30.5 Å². The molecule has 0 rings (SSSR count). The zero-order chi connectivity index (χ0) is 14.5. The third kappa shape index (κ3) is 4.82. The van der Waals surface area contributed by atoms with Crippen LogP contribution < -0.4 is 0 Å². The molecule has 0 aliphatic heterocycles. The second-order valence-electron chi connectivity index (χ2n) is 3.73. The second-order valence-corrected chi connectivity index (χ2v) is 3.73. The molecule has 0 aromatic rings. The predicted molar refractivity (Wildman–Crippen MR) is 54.9 cm³/mol. The molecule has 0 heterocycles. The van der Waals surface area contributed by atoms with E-state index in [0.717, 1.165) is 6.92 Å². The minimum Gasteiger partial charge on any atom is -0.431 e. The van der Waals surface area contributed by atoms with Gasteiger partial charge in [0.05, 0.1) is 6.61 Å². The van der Waals surface area contributed by atoms with Gasteiger partial charge in [-0.25, -0.2) is 4.79 Å². The molecular weight excluding hydrogens is 252 g/mol. The summed E-state index contributed by atoms with van der Waals surface area (Å²) in [7, 11) is 0. The normalized spacial score (nSPS) is 21.6. The van der Waals surface area contributed by atoms with Crippen LogP contribution in [-0.4, -0.2) is 85.1 Å². The maximum absolute atomic E-state index is 10.9. The average molecular weight is 270 g/mol. The number of aliphatic hydroxyl groups is 7. The molecule has 6 atom stereocenters. The zero-order valence-electron chi connectivity index (χ0n) is 9.62. The first-order valence-electron chi connectivity index (χ1n) is 5.12. The molecule has 0 bridgehead atoms. The third-order valence-electron chi connectivity index (χ3n) is 2.15. The van der Waals surface area contributed by atoms with E-state index in [9.17, 15) is 25.2 Å². The molecule has 0 radical (unpaired) electrons. The van der Waals surface area contributed by atoms with E-state index >= 15 is 0 Å². The number of rotatable bonds is 7. The molecule has 9 heteroatoms. The van der Waals surface area contributed by atoms with Gasteiger partial charge in [-0.1, -0.05) is 0 Å². The predicted octanol–water partition coefficient (Wildman–Crippen LogP) is -4.34. The number of hydrogen-bond acceptors (Lipinski definition) is 9. The van der Waals surface area contributed by atoms with Crippen molar-refractivity contribution in [3.63, 3.8) is 0 Å². The molecule has 7 N–H and O–H groups in total. The van der Waals surface area contributed by atoms with Crippen LogP contribution in [0.4, 0.5) is 0 Å². The topological polar surface area (TPSA) is 168 Å². The van der Waals surface area contributed by atoms with Crippen molar-refractivity contribution in [3.05, 3.63) is 0 Å². The Balaban J connectivity index is 4.44. The first kappa shape index (κ1) is 17.2. The van der Waals surface area contributed by atoms with E-state index < -0.39 is 49.4 Å². The standard InChI is InChI=1S/C9H18O9/c1-3(11)8(16)18-9(17)7(15)6(14)5(13)4(12)2-10/h3-7,9-15,17H,2H2,1H3/t3?,4-,5+,6+,7+,9?/m0/s1. The van der Waals surface area contributed by atoms with Gasteiger partial charge in [0.2, 0.25) is 6.29 Å². The summed E-state index contributed by atoms with van der Waals surface area (Å²) in [6.07, 6.45) is -11.6. The van der Waals surface area contributed by atoms with Gasteiger partial charge < -0.3 is 40.5 Å². The molecule has 0 saturated carbocycles. The van der Waals surface area contributed by atoms with Crippen LogP contribution in [0.3, 0.4) is 0 Å². The lowest BCUT2D eigenvalue weighted by Crippen LogP contribution is -2.51. The van der Waals surface area contributed by atoms with Crippen LogP contribution in [0, 0.1) is 0 Å². The van der Waals surface area contributed by atoms with Crippen LogP contribution in [0.25, 0.3) is 0 Å². The smallest absolute Gasteiger partial charge is 0.337 e. The average Bonchev–Trinajstić information content (AvgIpc) is 2.34. The molecule has 9 nitrogen and oxygen atoms in total. The van der Waals surface area contributed by atoms with E-state index in [4.69, 9.17) is 15.3 Å². The largest absolute Gasteiger partial charge is 0.431 e. The van der Waals surface area contributed by atoms with Crippen molar-refractivity contribution in [3.8, 4) is 0 Å². The molecule has 18 heavy (non-hydrogen) atoms. The van der Waals surface area contributed by atoms with E-state index in [-0.39, 0.29) is 0 Å². The second kappa shape index (κ2) is 7.59. The van der Waals surface area contributed by atoms with Crippen molar-refractivity contribution in [2.24, 2.45) is 0 Å². The van der Waals surface area contributed by atoms with Crippen molar-refractivity contribution < 1.29 is 45.3 Å². The maximum atomic E-state index is 10.9. The Morgan fingerprint density at radius 1 is 1.00 bits per heavy atom. The highest BCUT2D eigenvalue weighted by Crippen LogP contribution is 2.10. The Labute approximate surface area is 102 Å². The molecule has 0 fully saturated rings. The Bertz CT molecular complexity index is 256. The molecule has 0 saturated heterocycles. The number of aliphatic hydroxyl groups excluding tert-OH is 7. The summed E-state index contributed by atoms with van der Waals surface area (Å²) >= 11 is 0. The van der Waals surface area contributed by atoms with Crippen LogP contribution in [0.1, 0.15) is 6.92 Å². The lowest BCUT2D eigenvalue weighted by molar-refractivity contribution is -0.218. The molecular formula is C9H18O9. The molecule has 0 aromatic carbocycles. The van der Waals surface area contributed by atoms with Gasteiger partial charge in [-0.05, 0) is 6.92 Å². The van der Waals surface area contributed by atoms with E-state index in [2.05, 4.69) is 4.74 Å². The first-order chi connectivity index (χ1) is 8.22. The van der Waals surface area contributed by atoms with E-state index in [1.165, 1.54) is 0 Å². The monoisotopic (exact) mass is 270 g/mol. The number of hydrogen-bond donors (Lipinski definition) is 7. The van der Waals surface area contributed by atoms with Gasteiger partial charge in [0.15, 0.2) is 0 Å². The van der Waals surface area contributed by atoms with Gasteiger partial charge in [0.25, 0.3) is 0 Å². The van der Waals surface area contributed by atoms with Crippen molar-refractivity contribution in [1.29, 1.82) is 0 Å². The Morgan fingerprint density at radius 3 is 1.89 bits per heavy atom. The minimum atomic E-state index is -2.21. The lowest BCUT2D eigenvalue weighted by Gasteiger charge is -2.28. The van der Waals surface area contributed by atoms with Gasteiger partial charge in [0, 0.05) is 0 Å². The quantitative estimate of drug-likeness (QED) is 0.178. The molecule has 0 amide bonds. The van der Waals surface area contributed by atoms with Gasteiger partial charge in [-0.2, -0.15) is 0 Å². The summed E-state index contributed by atoms with van der Waals surface area (Å²) < 4.78 is 4.16. The third-order valence-corrected chi connectivity index (χ3v) is 2.15. The van der Waals surface area contributed by atoms with E-state index in [0.29, 0.717) is 0 Å². The Hall–Kier alpha value is -0.810. The summed E-state index contributed by atoms with van der Waals surface area (Å²) in [6, 6.07) is 0. The zero-order valence-corrected chi connectivity index (χ0v) is 9.62. The number of ether oxygens (including phenoxy) is 1. The maximum Gasteiger partial charge on any atom is 0.337 e. The number of carbonyl (C=O) groups excluding carboxylic acids is 1. The van der Waals surface area contributed by atoms with Crippen LogP contribution in [-0.2, 0) is 9.53 Å². The fourth-order valence-corrected chi connectivity index (χ4v) is 0.993. The molecule has 0 aliphatic carbocycles. The van der Waals surface area contributed by atoms with E-state index in [1.54, 1.807) is 0 Å². The van der Waals surface area contributed by atoms with Gasteiger partial charge in [-0.15, -0.1) is 0 Å². The lowest BCUT2D eigenvalue weighted by atomic mass is 10.0. The highest BCUT2D eigenvalue weighted by molar-refractivity contribution is 5.73. The highest BCUT2D eigenvalue weighted by atomic mass is 16.7. The summed E-state index contributed by atoms with van der Waals surface area (Å²) in [5, 5.41) is 63.3. The Kier molecular flexibility index (Phi) is 7.25. The summed E-state index contributed by atoms with van der Waals surface area (Å²) in [4.78, 5) is 10.9. The minimum absolute atomic E-state index is 0.880. The van der Waals surface area contributed by atoms with Crippen LogP contribution in [0.2, 0.25) is 0 Å². The molecule has 0 aromatic heterocycles. The molecule has 2 unspecified atom stereocenters. The molecule has 0 spiro atoms. The highest BCUT2D eigenvalue weighted by Gasteiger charge is 2.36. The van der Waals surface area contributed by atoms with Crippen molar-refractivity contribution in [2.75, 3.05) is 6.61 Å². The summed E-state index contributed by atoms with van der Waals surface area (Å²) in [5.74, 6) is -1.24. The van der Waals surface area contributed by atoms with Crippen LogP contribution >= 0.6 is 0 Å². The van der Waals surface area contributed by atoms with Gasteiger partial charge in [-0.3, -0.25) is 0 Å². The van der Waals surface area contributed by atoms with Gasteiger partial charge >= 0.3 is 5.97 Å². The summed E-state index contributed by atoms with van der Waals surface area (Å²) in [6.45, 7) is 0.177. The van der Waals surface area contributed by atoms with Crippen LogP contribution in [0.5, 0.6) is 0 Å². The van der Waals surface area contributed by atoms with Crippen molar-refractivity contribution >= 4 is 5.97 Å². The fraction of sp³-hybridized carbons (Fsp3) is 0.889. The number of esters is 1. The van der Waals surface area contributed by atoms with E-state index in [1.807, 2.05) is 0 Å². The van der Waals surface area contributed by atoms with Crippen molar-refractivity contribution in [2.45, 2.75) is 43.7 Å². The SMILES string of the molecule is CC(O)C(=O)OC(O)[C@H](O)[C@H](O)[C@H](O)[C@@H](O)CO. The molecule has 0 aliphatic rings. The fourth-order valence-electron chi connectivity index (χ4n) is 0.993. The Morgan fingerprint density at radius 2 is 1.50 bits per heavy atom. The number of carbonyl (C=O) groups is 1. The summed E-state index contributed by atoms with van der Waals surface area (Å²) in [5.41, 5.74) is 0. The van der Waals surface area contributed by atoms with Crippen LogP contribution in [0.15, 0.2) is 0 Å². The first-order valence-corrected chi connectivity index (χ1v) is 5.12. The molecule has 108 valence electrons.